The molecule has 0 radical (unpaired) electrons. The molecular weight excluding hydrogens is 348 g/mol. The lowest BCUT2D eigenvalue weighted by Gasteiger charge is -2.18. The van der Waals surface area contributed by atoms with E-state index in [0.29, 0.717) is 17.1 Å². The predicted octanol–water partition coefficient (Wildman–Crippen LogP) is 5.13. The van der Waals surface area contributed by atoms with Gasteiger partial charge in [-0.2, -0.15) is 4.99 Å². The minimum Gasteiger partial charge on any atom is -0.425 e. The van der Waals surface area contributed by atoms with Crippen LogP contribution in [0.15, 0.2) is 89.6 Å². The molecule has 0 aliphatic carbocycles. The van der Waals surface area contributed by atoms with Crippen LogP contribution < -0.4 is 9.64 Å². The zero-order valence-electron chi connectivity index (χ0n) is 15.8. The summed E-state index contributed by atoms with van der Waals surface area (Å²) in [7, 11) is 0. The van der Waals surface area contributed by atoms with Crippen molar-refractivity contribution in [3.63, 3.8) is 0 Å². The second-order valence-corrected chi connectivity index (χ2v) is 6.66. The number of rotatable bonds is 3. The van der Waals surface area contributed by atoms with E-state index < -0.39 is 0 Å². The molecule has 0 aromatic heterocycles. The third kappa shape index (κ3) is 3.58. The van der Waals surface area contributed by atoms with Crippen LogP contribution in [0.1, 0.15) is 16.7 Å². The van der Waals surface area contributed by atoms with Crippen LogP contribution in [0.25, 0.3) is 6.08 Å². The first-order valence-electron chi connectivity index (χ1n) is 9.12. The summed E-state index contributed by atoms with van der Waals surface area (Å²) in [5.74, 6) is 0.436. The zero-order valence-corrected chi connectivity index (χ0v) is 15.8. The van der Waals surface area contributed by atoms with Crippen molar-refractivity contribution in [2.75, 3.05) is 4.90 Å². The van der Waals surface area contributed by atoms with Gasteiger partial charge in [0.15, 0.2) is 0 Å². The van der Waals surface area contributed by atoms with Crippen LogP contribution in [-0.4, -0.2) is 11.9 Å². The number of nitrogens with zero attached hydrogens (tertiary/aromatic N) is 2. The molecule has 3 aromatic rings. The van der Waals surface area contributed by atoms with Crippen molar-refractivity contribution in [3.05, 3.63) is 101 Å². The molecule has 0 saturated heterocycles. The van der Waals surface area contributed by atoms with Gasteiger partial charge in [-0.1, -0.05) is 54.6 Å². The van der Waals surface area contributed by atoms with E-state index >= 15 is 0 Å². The molecule has 0 unspecified atom stereocenters. The number of amides is 1. The summed E-state index contributed by atoms with van der Waals surface area (Å²) in [5, 5.41) is 0. The Morgan fingerprint density at radius 1 is 0.857 bits per heavy atom. The van der Waals surface area contributed by atoms with Gasteiger partial charge >= 0.3 is 6.02 Å². The SMILES string of the molecule is Cc1ccc(OC2=N/C(=C/c3ccccc3)C(=O)N2c2ccccc2)cc1C. The maximum atomic E-state index is 13.1. The minimum atomic E-state index is -0.214. The summed E-state index contributed by atoms with van der Waals surface area (Å²) in [6, 6.07) is 25.1. The summed E-state index contributed by atoms with van der Waals surface area (Å²) >= 11 is 0. The van der Waals surface area contributed by atoms with Crippen molar-refractivity contribution in [3.8, 4) is 5.75 Å². The minimum absolute atomic E-state index is 0.214. The van der Waals surface area contributed by atoms with Crippen LogP contribution in [0.3, 0.4) is 0 Å². The number of aryl methyl sites for hydroxylation is 2. The molecule has 0 atom stereocenters. The van der Waals surface area contributed by atoms with E-state index in [1.54, 1.807) is 6.08 Å². The molecule has 1 heterocycles. The number of carbonyl (C=O) groups is 1. The highest BCUT2D eigenvalue weighted by Gasteiger charge is 2.33. The molecule has 0 N–H and O–H groups in total. The van der Waals surface area contributed by atoms with Crippen molar-refractivity contribution >= 4 is 23.7 Å². The van der Waals surface area contributed by atoms with E-state index in [1.807, 2.05) is 92.7 Å². The van der Waals surface area contributed by atoms with E-state index in [0.717, 1.165) is 11.1 Å². The average Bonchev–Trinajstić information content (AvgIpc) is 3.01. The molecule has 3 aromatic carbocycles. The largest absolute Gasteiger partial charge is 0.425 e. The van der Waals surface area contributed by atoms with Gasteiger partial charge in [-0.3, -0.25) is 4.79 Å². The molecule has 4 heteroatoms. The number of hydrogen-bond acceptors (Lipinski definition) is 3. The third-order valence-electron chi connectivity index (χ3n) is 4.63. The van der Waals surface area contributed by atoms with Crippen molar-refractivity contribution in [1.82, 2.24) is 0 Å². The van der Waals surface area contributed by atoms with E-state index in [1.165, 1.54) is 10.5 Å². The van der Waals surface area contributed by atoms with E-state index in [-0.39, 0.29) is 11.9 Å². The summed E-state index contributed by atoms with van der Waals surface area (Å²) < 4.78 is 6.03. The number of aliphatic imine (C=N–C) groups is 1. The highest BCUT2D eigenvalue weighted by Crippen LogP contribution is 2.27. The predicted molar refractivity (Wildman–Crippen MR) is 112 cm³/mol. The normalized spacial score (nSPS) is 15.1. The van der Waals surface area contributed by atoms with Crippen molar-refractivity contribution in [1.29, 1.82) is 0 Å². The van der Waals surface area contributed by atoms with Gasteiger partial charge in [-0.25, -0.2) is 4.90 Å². The van der Waals surface area contributed by atoms with Crippen molar-refractivity contribution in [2.24, 2.45) is 4.99 Å². The highest BCUT2D eigenvalue weighted by atomic mass is 16.5. The van der Waals surface area contributed by atoms with Crippen LogP contribution in [0.4, 0.5) is 5.69 Å². The molecule has 0 fully saturated rings. The smallest absolute Gasteiger partial charge is 0.310 e. The Labute approximate surface area is 164 Å². The van der Waals surface area contributed by atoms with Gasteiger partial charge in [-0.05, 0) is 60.9 Å². The standard InChI is InChI=1S/C24H20N2O2/c1-17-13-14-21(15-18(17)2)28-24-25-22(16-19-9-5-3-6-10-19)23(27)26(24)20-11-7-4-8-12-20/h3-16H,1-2H3/b22-16+. The number of anilines is 1. The van der Waals surface area contributed by atoms with E-state index in [2.05, 4.69) is 4.99 Å². The molecule has 0 bridgehead atoms. The lowest BCUT2D eigenvalue weighted by atomic mass is 10.1. The lowest BCUT2D eigenvalue weighted by Crippen LogP contribution is -2.35. The highest BCUT2D eigenvalue weighted by molar-refractivity contribution is 6.27. The molecule has 4 rings (SSSR count). The molecule has 1 aliphatic rings. The van der Waals surface area contributed by atoms with Crippen molar-refractivity contribution < 1.29 is 9.53 Å². The number of ether oxygens (including phenoxy) is 1. The van der Waals surface area contributed by atoms with E-state index in [4.69, 9.17) is 4.74 Å². The van der Waals surface area contributed by atoms with E-state index in [9.17, 15) is 4.79 Å². The molecule has 1 aliphatic heterocycles. The number of hydrogen-bond donors (Lipinski definition) is 0. The fourth-order valence-corrected chi connectivity index (χ4v) is 2.96. The van der Waals surface area contributed by atoms with Crippen LogP contribution in [-0.2, 0) is 4.79 Å². The fourth-order valence-electron chi connectivity index (χ4n) is 2.96. The Morgan fingerprint density at radius 3 is 2.21 bits per heavy atom. The van der Waals surface area contributed by atoms with Gasteiger partial charge in [0.25, 0.3) is 5.91 Å². The molecule has 1 amide bonds. The van der Waals surface area contributed by atoms with Gasteiger partial charge in [0.2, 0.25) is 0 Å². The fraction of sp³-hybridized carbons (Fsp3) is 0.0833. The second kappa shape index (κ2) is 7.53. The molecule has 0 spiro atoms. The van der Waals surface area contributed by atoms with Crippen LogP contribution >= 0.6 is 0 Å². The number of amidine groups is 1. The summed E-state index contributed by atoms with van der Waals surface area (Å²) in [6.07, 6.45) is 1.77. The maximum Gasteiger partial charge on any atom is 0.310 e. The first kappa shape index (κ1) is 17.7. The number of carbonyl (C=O) groups excluding carboxylic acids is 1. The summed E-state index contributed by atoms with van der Waals surface area (Å²) in [5.41, 5.74) is 4.27. The molecule has 28 heavy (non-hydrogen) atoms. The van der Waals surface area contributed by atoms with Crippen LogP contribution in [0.2, 0.25) is 0 Å². The van der Waals surface area contributed by atoms with Gasteiger partial charge in [0.05, 0.1) is 5.69 Å². The summed E-state index contributed by atoms with van der Waals surface area (Å²) in [4.78, 5) is 19.1. The zero-order chi connectivity index (χ0) is 19.5. The molecular formula is C24H20N2O2. The Morgan fingerprint density at radius 2 is 1.54 bits per heavy atom. The Bertz CT molecular complexity index is 1070. The van der Waals surface area contributed by atoms with Crippen LogP contribution in [0, 0.1) is 13.8 Å². The number of para-hydroxylation sites is 1. The number of benzene rings is 3. The molecule has 4 nitrogen and oxygen atoms in total. The van der Waals surface area contributed by atoms with Gasteiger partial charge in [0, 0.05) is 0 Å². The summed E-state index contributed by atoms with van der Waals surface area (Å²) in [6.45, 7) is 4.08. The third-order valence-corrected chi connectivity index (χ3v) is 4.63. The van der Waals surface area contributed by atoms with Gasteiger partial charge in [-0.15, -0.1) is 0 Å². The van der Waals surface area contributed by atoms with Gasteiger partial charge < -0.3 is 4.74 Å². The Kier molecular flexibility index (Phi) is 4.77. The maximum absolute atomic E-state index is 13.1. The molecule has 0 saturated carbocycles. The van der Waals surface area contributed by atoms with Gasteiger partial charge in [0.1, 0.15) is 11.4 Å². The molecule has 138 valence electrons. The van der Waals surface area contributed by atoms with Crippen molar-refractivity contribution in [2.45, 2.75) is 13.8 Å². The van der Waals surface area contributed by atoms with Crippen LogP contribution in [0.5, 0.6) is 5.75 Å². The Hall–Kier alpha value is -3.66. The average molecular weight is 368 g/mol. The topological polar surface area (TPSA) is 41.9 Å². The quantitative estimate of drug-likeness (QED) is 0.602. The first-order chi connectivity index (χ1) is 13.6. The monoisotopic (exact) mass is 368 g/mol. The lowest BCUT2D eigenvalue weighted by molar-refractivity contribution is -0.113. The second-order valence-electron chi connectivity index (χ2n) is 6.66. The Balaban J connectivity index is 1.74. The first-order valence-corrected chi connectivity index (χ1v) is 9.12.